The van der Waals surface area contributed by atoms with Gasteiger partial charge in [-0.15, -0.1) is 11.3 Å². The maximum atomic E-state index is 12.1. The van der Waals surface area contributed by atoms with E-state index in [9.17, 15) is 4.79 Å². The summed E-state index contributed by atoms with van der Waals surface area (Å²) in [6.07, 6.45) is 2.99. The number of hydrogen-bond donors (Lipinski definition) is 1. The van der Waals surface area contributed by atoms with E-state index < -0.39 is 0 Å². The zero-order valence-corrected chi connectivity index (χ0v) is 14.8. The third-order valence-electron chi connectivity index (χ3n) is 5.32. The molecular formula is C20H19N3OS. The number of hydrogen-bond acceptors (Lipinski definition) is 4. The number of benzene rings is 2. The minimum Gasteiger partial charge on any atom is -0.369 e. The number of thiophene rings is 1. The summed E-state index contributed by atoms with van der Waals surface area (Å²) in [7, 11) is 1.67. The van der Waals surface area contributed by atoms with Crippen LogP contribution in [0, 0.1) is 0 Å². The summed E-state index contributed by atoms with van der Waals surface area (Å²) in [5.74, 6) is 1.06. The van der Waals surface area contributed by atoms with E-state index in [2.05, 4.69) is 41.4 Å². The van der Waals surface area contributed by atoms with Crippen LogP contribution >= 0.6 is 11.3 Å². The first kappa shape index (κ1) is 14.9. The normalized spacial score (nSPS) is 21.2. The van der Waals surface area contributed by atoms with Crippen molar-refractivity contribution < 1.29 is 4.79 Å². The molecule has 1 fully saturated rings. The van der Waals surface area contributed by atoms with Crippen molar-refractivity contribution in [2.45, 2.75) is 31.2 Å². The van der Waals surface area contributed by atoms with E-state index in [-0.39, 0.29) is 11.9 Å². The van der Waals surface area contributed by atoms with Gasteiger partial charge in [-0.05, 0) is 54.2 Å². The maximum Gasteiger partial charge on any atom is 0.231 e. The molecule has 126 valence electrons. The number of amides is 1. The molecular weight excluding hydrogens is 330 g/mol. The average Bonchev–Trinajstić information content (AvgIpc) is 3.40. The van der Waals surface area contributed by atoms with Crippen LogP contribution in [-0.2, 0) is 4.79 Å². The van der Waals surface area contributed by atoms with Crippen molar-refractivity contribution in [1.82, 2.24) is 4.90 Å². The Morgan fingerprint density at radius 2 is 1.72 bits per heavy atom. The van der Waals surface area contributed by atoms with E-state index in [1.165, 1.54) is 43.5 Å². The van der Waals surface area contributed by atoms with E-state index in [1.807, 2.05) is 11.3 Å². The second kappa shape index (κ2) is 5.30. The van der Waals surface area contributed by atoms with Gasteiger partial charge in [-0.3, -0.25) is 9.69 Å². The molecule has 1 saturated carbocycles. The fourth-order valence-corrected chi connectivity index (χ4v) is 4.67. The van der Waals surface area contributed by atoms with Gasteiger partial charge in [-0.2, -0.15) is 0 Å². The molecule has 5 heteroatoms. The lowest BCUT2D eigenvalue weighted by molar-refractivity contribution is -0.127. The van der Waals surface area contributed by atoms with Gasteiger partial charge in [-0.25, -0.2) is 4.99 Å². The number of rotatable bonds is 2. The zero-order chi connectivity index (χ0) is 17.1. The van der Waals surface area contributed by atoms with Gasteiger partial charge in [0.1, 0.15) is 0 Å². The fourth-order valence-electron chi connectivity index (χ4n) is 3.60. The van der Waals surface area contributed by atoms with Crippen LogP contribution in [-0.4, -0.2) is 23.8 Å². The fraction of sp³-hybridized carbons (Fsp3) is 0.300. The van der Waals surface area contributed by atoms with Crippen LogP contribution in [0.5, 0.6) is 0 Å². The topological polar surface area (TPSA) is 58.7 Å². The molecule has 25 heavy (non-hydrogen) atoms. The highest BCUT2D eigenvalue weighted by Crippen LogP contribution is 2.43. The van der Waals surface area contributed by atoms with Crippen LogP contribution in [0.15, 0.2) is 41.4 Å². The SMILES string of the molecule is CN1C(=O)CC(c2ccc3sc4ccc(C5CC5)cc4c3c2)N=C1N. The van der Waals surface area contributed by atoms with E-state index in [0.717, 1.165) is 11.5 Å². The molecule has 0 bridgehead atoms. The Morgan fingerprint density at radius 3 is 2.36 bits per heavy atom. The minimum absolute atomic E-state index is 0.0174. The Kier molecular flexibility index (Phi) is 3.16. The van der Waals surface area contributed by atoms with Gasteiger partial charge >= 0.3 is 0 Å². The third-order valence-corrected chi connectivity index (χ3v) is 6.48. The van der Waals surface area contributed by atoms with Crippen molar-refractivity contribution in [3.63, 3.8) is 0 Å². The smallest absolute Gasteiger partial charge is 0.231 e. The third kappa shape index (κ3) is 2.42. The number of carbonyl (C=O) groups is 1. The highest BCUT2D eigenvalue weighted by molar-refractivity contribution is 7.25. The van der Waals surface area contributed by atoms with Crippen molar-refractivity contribution >= 4 is 43.4 Å². The molecule has 1 aliphatic heterocycles. The molecule has 0 spiro atoms. The van der Waals surface area contributed by atoms with E-state index in [4.69, 9.17) is 5.73 Å². The first-order valence-electron chi connectivity index (χ1n) is 8.66. The van der Waals surface area contributed by atoms with Gasteiger partial charge in [0, 0.05) is 27.2 Å². The number of carbonyl (C=O) groups excluding carboxylic acids is 1. The molecule has 4 nitrogen and oxygen atoms in total. The Bertz CT molecular complexity index is 1050. The predicted molar refractivity (Wildman–Crippen MR) is 103 cm³/mol. The number of nitrogens with zero attached hydrogens (tertiary/aromatic N) is 2. The molecule has 0 radical (unpaired) electrons. The van der Waals surface area contributed by atoms with Crippen LogP contribution in [0.25, 0.3) is 20.2 Å². The van der Waals surface area contributed by atoms with E-state index in [1.54, 1.807) is 7.05 Å². The number of nitrogens with two attached hydrogens (primary N) is 1. The summed E-state index contributed by atoms with van der Waals surface area (Å²) in [4.78, 5) is 18.0. The molecule has 1 atom stereocenters. The van der Waals surface area contributed by atoms with Crippen molar-refractivity contribution in [2.75, 3.05) is 7.05 Å². The molecule has 0 saturated heterocycles. The number of guanidine groups is 1. The second-order valence-electron chi connectivity index (χ2n) is 7.05. The van der Waals surface area contributed by atoms with Gasteiger partial charge in [0.15, 0.2) is 5.96 Å². The van der Waals surface area contributed by atoms with Gasteiger partial charge in [0.2, 0.25) is 5.91 Å². The Morgan fingerprint density at radius 1 is 1.08 bits per heavy atom. The summed E-state index contributed by atoms with van der Waals surface area (Å²) >= 11 is 1.82. The van der Waals surface area contributed by atoms with Crippen LogP contribution < -0.4 is 5.73 Å². The molecule has 2 aliphatic rings. The summed E-state index contributed by atoms with van der Waals surface area (Å²) < 4.78 is 2.60. The summed E-state index contributed by atoms with van der Waals surface area (Å²) in [6, 6.07) is 13.1. The van der Waals surface area contributed by atoms with Gasteiger partial charge < -0.3 is 5.73 Å². The molecule has 1 unspecified atom stereocenters. The molecule has 1 amide bonds. The second-order valence-corrected chi connectivity index (χ2v) is 8.13. The van der Waals surface area contributed by atoms with Crippen LogP contribution in [0.1, 0.15) is 42.3 Å². The van der Waals surface area contributed by atoms with Crippen LogP contribution in [0.3, 0.4) is 0 Å². The van der Waals surface area contributed by atoms with E-state index >= 15 is 0 Å². The molecule has 5 rings (SSSR count). The average molecular weight is 349 g/mol. The number of fused-ring (bicyclic) bond motifs is 3. The zero-order valence-electron chi connectivity index (χ0n) is 14.0. The Hall–Kier alpha value is -2.40. The first-order chi connectivity index (χ1) is 12.1. The Balaban J connectivity index is 1.64. The highest BCUT2D eigenvalue weighted by Gasteiger charge is 2.26. The maximum absolute atomic E-state index is 12.1. The summed E-state index contributed by atoms with van der Waals surface area (Å²) in [6.45, 7) is 0. The monoisotopic (exact) mass is 349 g/mol. The molecule has 2 N–H and O–H groups in total. The van der Waals surface area contributed by atoms with Crippen LogP contribution in [0.2, 0.25) is 0 Å². The standard InChI is InChI=1S/C20H19N3OS/c1-23-19(24)10-16(22-20(23)21)13-5-7-18-15(9-13)14-8-12(11-2-3-11)4-6-17(14)25-18/h4-9,11,16H,2-3,10H2,1H3,(H2,21,22). The van der Waals surface area contributed by atoms with Crippen molar-refractivity contribution in [3.05, 3.63) is 47.5 Å². The van der Waals surface area contributed by atoms with Crippen LogP contribution in [0.4, 0.5) is 0 Å². The van der Waals surface area contributed by atoms with Crippen molar-refractivity contribution in [1.29, 1.82) is 0 Å². The minimum atomic E-state index is -0.185. The Labute approximate surface area is 149 Å². The quantitative estimate of drug-likeness (QED) is 0.755. The van der Waals surface area contributed by atoms with Gasteiger partial charge in [-0.1, -0.05) is 12.1 Å². The lowest BCUT2D eigenvalue weighted by Crippen LogP contribution is -2.42. The van der Waals surface area contributed by atoms with Gasteiger partial charge in [0.25, 0.3) is 0 Å². The lowest BCUT2D eigenvalue weighted by Gasteiger charge is -2.25. The number of aliphatic imine (C=N–C) groups is 1. The van der Waals surface area contributed by atoms with E-state index in [0.29, 0.717) is 12.4 Å². The van der Waals surface area contributed by atoms with Crippen molar-refractivity contribution in [3.8, 4) is 0 Å². The largest absolute Gasteiger partial charge is 0.369 e. The lowest BCUT2D eigenvalue weighted by atomic mass is 9.99. The molecule has 2 heterocycles. The molecule has 1 aliphatic carbocycles. The van der Waals surface area contributed by atoms with Gasteiger partial charge in [0.05, 0.1) is 12.5 Å². The summed E-state index contributed by atoms with van der Waals surface area (Å²) in [5.41, 5.74) is 8.41. The highest BCUT2D eigenvalue weighted by atomic mass is 32.1. The molecule has 1 aromatic heterocycles. The van der Waals surface area contributed by atoms with Crippen molar-refractivity contribution in [2.24, 2.45) is 10.7 Å². The first-order valence-corrected chi connectivity index (χ1v) is 9.48. The summed E-state index contributed by atoms with van der Waals surface area (Å²) in [5, 5.41) is 2.59. The predicted octanol–water partition coefficient (Wildman–Crippen LogP) is 4.15. The molecule has 3 aromatic rings. The molecule has 2 aromatic carbocycles.